The Morgan fingerprint density at radius 3 is 2.71 bits per heavy atom. The lowest BCUT2D eigenvalue weighted by Gasteiger charge is -2.08. The van der Waals surface area contributed by atoms with Gasteiger partial charge in [-0.1, -0.05) is 18.2 Å². The Bertz CT molecular complexity index is 649. The van der Waals surface area contributed by atoms with Crippen molar-refractivity contribution in [3.8, 4) is 0 Å². The standard InChI is InChI=1S/C15H15FN2O2S/c1-2-17-13-9-11(7-8-14(13)18(19)20)10-21-15-6-4-3-5-12(15)16/h3-9,17H,2,10H2,1H3. The smallest absolute Gasteiger partial charge is 0.292 e. The zero-order chi connectivity index (χ0) is 15.2. The average Bonchev–Trinajstić information content (AvgIpc) is 2.46. The molecule has 0 aliphatic rings. The Morgan fingerprint density at radius 2 is 2.05 bits per heavy atom. The topological polar surface area (TPSA) is 55.2 Å². The zero-order valence-electron chi connectivity index (χ0n) is 11.5. The largest absolute Gasteiger partial charge is 0.380 e. The second kappa shape index (κ2) is 7.08. The van der Waals surface area contributed by atoms with Crippen molar-refractivity contribution >= 4 is 23.1 Å². The van der Waals surface area contributed by atoms with Gasteiger partial charge in [-0.2, -0.15) is 0 Å². The number of halogens is 1. The van der Waals surface area contributed by atoms with Gasteiger partial charge < -0.3 is 5.32 Å². The van der Waals surface area contributed by atoms with Crippen LogP contribution in [0.15, 0.2) is 47.4 Å². The molecule has 2 aromatic carbocycles. The third-order valence-corrected chi connectivity index (χ3v) is 3.98. The highest BCUT2D eigenvalue weighted by Gasteiger charge is 2.13. The number of nitro groups is 1. The first-order chi connectivity index (χ1) is 10.1. The summed E-state index contributed by atoms with van der Waals surface area (Å²) in [5.74, 6) is 0.299. The number of nitro benzene ring substituents is 1. The summed E-state index contributed by atoms with van der Waals surface area (Å²) in [5.41, 5.74) is 1.45. The Labute approximate surface area is 126 Å². The molecule has 0 amide bonds. The van der Waals surface area contributed by atoms with Crippen LogP contribution in [0.4, 0.5) is 15.8 Å². The summed E-state index contributed by atoms with van der Waals surface area (Å²) in [5, 5.41) is 13.9. The quantitative estimate of drug-likeness (QED) is 0.486. The van der Waals surface area contributed by atoms with E-state index in [0.717, 1.165) is 5.56 Å². The lowest BCUT2D eigenvalue weighted by atomic mass is 10.2. The number of nitrogens with one attached hydrogen (secondary N) is 1. The van der Waals surface area contributed by atoms with Crippen LogP contribution in [0, 0.1) is 15.9 Å². The summed E-state index contributed by atoms with van der Waals surface area (Å²) < 4.78 is 13.5. The predicted molar refractivity (Wildman–Crippen MR) is 83.2 cm³/mol. The molecule has 21 heavy (non-hydrogen) atoms. The third kappa shape index (κ3) is 3.95. The fraction of sp³-hybridized carbons (Fsp3) is 0.200. The van der Waals surface area contributed by atoms with Gasteiger partial charge in [0.05, 0.1) is 4.92 Å². The molecule has 0 saturated heterocycles. The predicted octanol–water partition coefficient (Wildman–Crippen LogP) is 4.46. The molecule has 2 aromatic rings. The van der Waals surface area contributed by atoms with Crippen LogP contribution in [-0.2, 0) is 5.75 Å². The molecule has 0 aliphatic carbocycles. The van der Waals surface area contributed by atoms with Gasteiger partial charge in [0.15, 0.2) is 0 Å². The normalized spacial score (nSPS) is 10.4. The second-order valence-corrected chi connectivity index (χ2v) is 5.38. The van der Waals surface area contributed by atoms with E-state index in [0.29, 0.717) is 22.9 Å². The molecular formula is C15H15FN2O2S. The fourth-order valence-corrected chi connectivity index (χ4v) is 2.77. The van der Waals surface area contributed by atoms with Gasteiger partial charge in [-0.3, -0.25) is 10.1 Å². The summed E-state index contributed by atoms with van der Waals surface area (Å²) in [6, 6.07) is 11.5. The zero-order valence-corrected chi connectivity index (χ0v) is 12.3. The van der Waals surface area contributed by atoms with Crippen molar-refractivity contribution < 1.29 is 9.31 Å². The molecule has 0 bridgehead atoms. The number of rotatable bonds is 6. The molecule has 0 spiro atoms. The lowest BCUT2D eigenvalue weighted by molar-refractivity contribution is -0.384. The molecule has 0 atom stereocenters. The highest BCUT2D eigenvalue weighted by molar-refractivity contribution is 7.98. The van der Waals surface area contributed by atoms with Crippen molar-refractivity contribution in [2.24, 2.45) is 0 Å². The van der Waals surface area contributed by atoms with Gasteiger partial charge >= 0.3 is 0 Å². The van der Waals surface area contributed by atoms with Crippen LogP contribution in [0.2, 0.25) is 0 Å². The number of benzene rings is 2. The molecule has 0 fully saturated rings. The lowest BCUT2D eigenvalue weighted by Crippen LogP contribution is -2.01. The first-order valence-electron chi connectivity index (χ1n) is 6.50. The van der Waals surface area contributed by atoms with Crippen molar-refractivity contribution in [2.75, 3.05) is 11.9 Å². The van der Waals surface area contributed by atoms with Crippen LogP contribution >= 0.6 is 11.8 Å². The van der Waals surface area contributed by atoms with Crippen molar-refractivity contribution in [1.82, 2.24) is 0 Å². The van der Waals surface area contributed by atoms with Crippen molar-refractivity contribution in [3.05, 3.63) is 64.0 Å². The van der Waals surface area contributed by atoms with Gasteiger partial charge in [0.2, 0.25) is 0 Å². The van der Waals surface area contributed by atoms with Gasteiger partial charge in [0.1, 0.15) is 11.5 Å². The van der Waals surface area contributed by atoms with E-state index in [1.54, 1.807) is 30.3 Å². The molecule has 4 nitrogen and oxygen atoms in total. The van der Waals surface area contributed by atoms with Crippen LogP contribution in [0.25, 0.3) is 0 Å². The van der Waals surface area contributed by atoms with E-state index >= 15 is 0 Å². The molecule has 0 radical (unpaired) electrons. The van der Waals surface area contributed by atoms with Crippen LogP contribution < -0.4 is 5.32 Å². The van der Waals surface area contributed by atoms with E-state index in [2.05, 4.69) is 5.32 Å². The molecule has 0 heterocycles. The fourth-order valence-electron chi connectivity index (χ4n) is 1.89. The number of hydrogen-bond donors (Lipinski definition) is 1. The van der Waals surface area contributed by atoms with Crippen molar-refractivity contribution in [3.63, 3.8) is 0 Å². The molecule has 6 heteroatoms. The first-order valence-corrected chi connectivity index (χ1v) is 7.49. The van der Waals surface area contributed by atoms with Crippen LogP contribution in [-0.4, -0.2) is 11.5 Å². The number of nitrogens with zero attached hydrogens (tertiary/aromatic N) is 1. The van der Waals surface area contributed by atoms with Crippen LogP contribution in [0.1, 0.15) is 12.5 Å². The van der Waals surface area contributed by atoms with E-state index in [9.17, 15) is 14.5 Å². The van der Waals surface area contributed by atoms with E-state index in [-0.39, 0.29) is 11.5 Å². The van der Waals surface area contributed by atoms with Gasteiger partial charge in [0.25, 0.3) is 5.69 Å². The first kappa shape index (κ1) is 15.3. The van der Waals surface area contributed by atoms with Gasteiger partial charge in [-0.15, -0.1) is 11.8 Å². The average molecular weight is 306 g/mol. The molecule has 0 unspecified atom stereocenters. The number of hydrogen-bond acceptors (Lipinski definition) is 4. The summed E-state index contributed by atoms with van der Waals surface area (Å²) in [4.78, 5) is 11.1. The highest BCUT2D eigenvalue weighted by atomic mass is 32.2. The molecule has 0 aliphatic heterocycles. The Kier molecular flexibility index (Phi) is 5.16. The number of thioether (sulfide) groups is 1. The number of anilines is 1. The van der Waals surface area contributed by atoms with Crippen LogP contribution in [0.3, 0.4) is 0 Å². The van der Waals surface area contributed by atoms with Crippen LogP contribution in [0.5, 0.6) is 0 Å². The minimum absolute atomic E-state index is 0.0523. The molecule has 1 N–H and O–H groups in total. The third-order valence-electron chi connectivity index (χ3n) is 2.86. The summed E-state index contributed by atoms with van der Waals surface area (Å²) >= 11 is 1.37. The van der Waals surface area contributed by atoms with E-state index < -0.39 is 4.92 Å². The maximum absolute atomic E-state index is 13.5. The Morgan fingerprint density at radius 1 is 1.29 bits per heavy atom. The van der Waals surface area contributed by atoms with Gasteiger partial charge in [-0.25, -0.2) is 4.39 Å². The monoisotopic (exact) mass is 306 g/mol. The molecule has 0 saturated carbocycles. The molecule has 0 aromatic heterocycles. The molecule has 110 valence electrons. The maximum atomic E-state index is 13.5. The SMILES string of the molecule is CCNc1cc(CSc2ccccc2F)ccc1[N+](=O)[O-]. The maximum Gasteiger partial charge on any atom is 0.292 e. The van der Waals surface area contributed by atoms with Gasteiger partial charge in [0, 0.05) is 23.3 Å². The Balaban J connectivity index is 2.15. The van der Waals surface area contributed by atoms with E-state index in [1.807, 2.05) is 6.92 Å². The van der Waals surface area contributed by atoms with Crippen molar-refractivity contribution in [1.29, 1.82) is 0 Å². The Hall–Kier alpha value is -2.08. The molecular weight excluding hydrogens is 291 g/mol. The minimum Gasteiger partial charge on any atom is -0.380 e. The summed E-state index contributed by atoms with van der Waals surface area (Å²) in [7, 11) is 0. The van der Waals surface area contributed by atoms with Gasteiger partial charge in [-0.05, 0) is 30.7 Å². The summed E-state index contributed by atoms with van der Waals surface area (Å²) in [6.45, 7) is 2.48. The van der Waals surface area contributed by atoms with E-state index in [1.165, 1.54) is 23.9 Å². The summed E-state index contributed by atoms with van der Waals surface area (Å²) in [6.07, 6.45) is 0. The van der Waals surface area contributed by atoms with E-state index in [4.69, 9.17) is 0 Å². The van der Waals surface area contributed by atoms with Crippen molar-refractivity contribution in [2.45, 2.75) is 17.6 Å². The highest BCUT2D eigenvalue weighted by Crippen LogP contribution is 2.30. The minimum atomic E-state index is -0.411. The molecule has 2 rings (SSSR count). The second-order valence-electron chi connectivity index (χ2n) is 4.36.